The minimum Gasteiger partial charge on any atom is -0.478 e. The number of nitrogens with zero attached hydrogens (tertiary/aromatic N) is 1. The zero-order chi connectivity index (χ0) is 14.6. The number of pyridine rings is 1. The topological polar surface area (TPSA) is 88.5 Å². The van der Waals surface area contributed by atoms with E-state index in [1.165, 1.54) is 23.6 Å². The molecule has 0 unspecified atom stereocenters. The molecule has 0 amide bonds. The number of anilines is 1. The molecule has 20 heavy (non-hydrogen) atoms. The Morgan fingerprint density at radius 1 is 1.40 bits per heavy atom. The smallest absolute Gasteiger partial charge is 0.263 e. The maximum Gasteiger partial charge on any atom is 0.263 e. The van der Waals surface area contributed by atoms with Crippen molar-refractivity contribution in [2.24, 2.45) is 0 Å². The first-order valence-corrected chi connectivity index (χ1v) is 8.22. The summed E-state index contributed by atoms with van der Waals surface area (Å²) >= 11 is 1.19. The molecule has 0 radical (unpaired) electrons. The molecule has 0 aliphatic carbocycles. The fourth-order valence-electron chi connectivity index (χ4n) is 1.57. The van der Waals surface area contributed by atoms with Gasteiger partial charge in [-0.2, -0.15) is 0 Å². The van der Waals surface area contributed by atoms with Crippen molar-refractivity contribution in [2.45, 2.75) is 18.4 Å². The fourth-order valence-corrected chi connectivity index (χ4v) is 3.91. The average molecular weight is 314 g/mol. The van der Waals surface area contributed by atoms with Crippen LogP contribution in [0.25, 0.3) is 0 Å². The lowest BCUT2D eigenvalue weighted by Gasteiger charge is -2.08. The summed E-state index contributed by atoms with van der Waals surface area (Å²) in [6, 6.07) is 4.61. The standard InChI is InChI=1S/C12H14N2O4S2/c1-2-18-12-4-3-9(7-13-12)14-20(16,17)11-5-6-19-10(11)8-15/h3-7,14-15H,2,8H2,1H3. The van der Waals surface area contributed by atoms with Gasteiger partial charge in [0, 0.05) is 6.07 Å². The van der Waals surface area contributed by atoms with Crippen molar-refractivity contribution in [3.05, 3.63) is 34.7 Å². The maximum atomic E-state index is 12.2. The molecule has 0 atom stereocenters. The number of sulfonamides is 1. The molecule has 0 aliphatic heterocycles. The second-order valence-electron chi connectivity index (χ2n) is 3.79. The molecule has 0 bridgehead atoms. The molecule has 8 heteroatoms. The first-order valence-electron chi connectivity index (χ1n) is 5.85. The third kappa shape index (κ3) is 3.27. The summed E-state index contributed by atoms with van der Waals surface area (Å²) in [5.41, 5.74) is 0.337. The van der Waals surface area contributed by atoms with Crippen LogP contribution in [0.4, 0.5) is 5.69 Å². The molecule has 108 valence electrons. The van der Waals surface area contributed by atoms with Gasteiger partial charge in [0.05, 0.1) is 30.0 Å². The van der Waals surface area contributed by atoms with E-state index in [0.717, 1.165) is 0 Å². The third-order valence-corrected chi connectivity index (χ3v) is 4.92. The quantitative estimate of drug-likeness (QED) is 0.849. The predicted octanol–water partition coefficient (Wildman–Crippen LogP) is 1.83. The van der Waals surface area contributed by atoms with Crippen molar-refractivity contribution in [3.63, 3.8) is 0 Å². The molecule has 2 N–H and O–H groups in total. The van der Waals surface area contributed by atoms with E-state index in [4.69, 9.17) is 9.84 Å². The lowest BCUT2D eigenvalue weighted by molar-refractivity contribution is 0.282. The van der Waals surface area contributed by atoms with Gasteiger partial charge in [0.25, 0.3) is 10.0 Å². The van der Waals surface area contributed by atoms with Crippen LogP contribution in [0, 0.1) is 0 Å². The lowest BCUT2D eigenvalue weighted by atomic mass is 10.4. The Hall–Kier alpha value is -1.64. The van der Waals surface area contributed by atoms with Crippen LogP contribution in [0.5, 0.6) is 5.88 Å². The van der Waals surface area contributed by atoms with Gasteiger partial charge >= 0.3 is 0 Å². The molecular weight excluding hydrogens is 300 g/mol. The minimum atomic E-state index is -3.72. The van der Waals surface area contributed by atoms with E-state index >= 15 is 0 Å². The molecule has 6 nitrogen and oxygen atoms in total. The summed E-state index contributed by atoms with van der Waals surface area (Å²) in [6.45, 7) is 2.02. The zero-order valence-electron chi connectivity index (χ0n) is 10.7. The lowest BCUT2D eigenvalue weighted by Crippen LogP contribution is -2.14. The van der Waals surface area contributed by atoms with Gasteiger partial charge in [-0.05, 0) is 24.4 Å². The number of aliphatic hydroxyl groups is 1. The monoisotopic (exact) mass is 314 g/mol. The van der Waals surface area contributed by atoms with Crippen LogP contribution in [0.1, 0.15) is 11.8 Å². The summed E-state index contributed by atoms with van der Waals surface area (Å²) in [6.07, 6.45) is 1.38. The van der Waals surface area contributed by atoms with E-state index in [0.29, 0.717) is 23.1 Å². The number of thiophene rings is 1. The van der Waals surface area contributed by atoms with Crippen molar-refractivity contribution in [1.82, 2.24) is 4.98 Å². The summed E-state index contributed by atoms with van der Waals surface area (Å²) in [5.74, 6) is 0.432. The van der Waals surface area contributed by atoms with E-state index in [-0.39, 0.29) is 11.5 Å². The maximum absolute atomic E-state index is 12.2. The van der Waals surface area contributed by atoms with Gasteiger partial charge in [-0.3, -0.25) is 4.72 Å². The Labute approximate surface area is 121 Å². The van der Waals surface area contributed by atoms with Crippen LogP contribution >= 0.6 is 11.3 Å². The van der Waals surface area contributed by atoms with E-state index in [9.17, 15) is 8.42 Å². The van der Waals surface area contributed by atoms with Gasteiger partial charge in [0.15, 0.2) is 0 Å². The molecule has 0 spiro atoms. The number of aliphatic hydroxyl groups excluding tert-OH is 1. The Kier molecular flexibility index (Phi) is 4.58. The molecule has 2 heterocycles. The fraction of sp³-hybridized carbons (Fsp3) is 0.250. The highest BCUT2D eigenvalue weighted by atomic mass is 32.2. The van der Waals surface area contributed by atoms with Crippen LogP contribution in [0.2, 0.25) is 0 Å². The Balaban J connectivity index is 2.20. The van der Waals surface area contributed by atoms with E-state index in [1.54, 1.807) is 17.5 Å². The van der Waals surface area contributed by atoms with Gasteiger partial charge in [-0.15, -0.1) is 11.3 Å². The van der Waals surface area contributed by atoms with E-state index in [2.05, 4.69) is 9.71 Å². The highest BCUT2D eigenvalue weighted by Gasteiger charge is 2.19. The van der Waals surface area contributed by atoms with Gasteiger partial charge in [-0.1, -0.05) is 0 Å². The highest BCUT2D eigenvalue weighted by Crippen LogP contribution is 2.24. The van der Waals surface area contributed by atoms with Gasteiger partial charge in [0.2, 0.25) is 5.88 Å². The summed E-state index contributed by atoms with van der Waals surface area (Å²) in [5, 5.41) is 10.7. The molecule has 0 aromatic carbocycles. The number of hydrogen-bond donors (Lipinski definition) is 2. The van der Waals surface area contributed by atoms with Gasteiger partial charge in [-0.25, -0.2) is 13.4 Å². The molecular formula is C12H14N2O4S2. The summed E-state index contributed by atoms with van der Waals surface area (Å²) in [7, 11) is -3.72. The number of nitrogens with one attached hydrogen (secondary N) is 1. The molecule has 0 saturated carbocycles. The Bertz CT molecular complexity index is 665. The van der Waals surface area contributed by atoms with Crippen LogP contribution < -0.4 is 9.46 Å². The molecule has 2 aromatic rings. The van der Waals surface area contributed by atoms with Gasteiger partial charge in [0.1, 0.15) is 4.90 Å². The van der Waals surface area contributed by atoms with Crippen molar-refractivity contribution >= 4 is 27.0 Å². The first kappa shape index (κ1) is 14.8. The number of aromatic nitrogens is 1. The van der Waals surface area contributed by atoms with Crippen LogP contribution in [0.15, 0.2) is 34.7 Å². The number of ether oxygens (including phenoxy) is 1. The Morgan fingerprint density at radius 3 is 2.80 bits per heavy atom. The molecule has 0 saturated heterocycles. The Morgan fingerprint density at radius 2 is 2.20 bits per heavy atom. The number of rotatable bonds is 6. The average Bonchev–Trinajstić information content (AvgIpc) is 2.90. The summed E-state index contributed by atoms with van der Waals surface area (Å²) < 4.78 is 32.0. The largest absolute Gasteiger partial charge is 0.478 e. The van der Waals surface area contributed by atoms with E-state index in [1.807, 2.05) is 6.92 Å². The SMILES string of the molecule is CCOc1ccc(NS(=O)(=O)c2ccsc2CO)cn1. The summed E-state index contributed by atoms with van der Waals surface area (Å²) in [4.78, 5) is 4.46. The zero-order valence-corrected chi connectivity index (χ0v) is 12.4. The molecule has 0 fully saturated rings. The second-order valence-corrected chi connectivity index (χ2v) is 6.44. The normalized spacial score (nSPS) is 11.3. The molecule has 2 rings (SSSR count). The predicted molar refractivity (Wildman–Crippen MR) is 76.5 cm³/mol. The van der Waals surface area contributed by atoms with Crippen molar-refractivity contribution in [1.29, 1.82) is 0 Å². The van der Waals surface area contributed by atoms with Crippen LogP contribution in [0.3, 0.4) is 0 Å². The third-order valence-electron chi connectivity index (χ3n) is 2.42. The van der Waals surface area contributed by atoms with Crippen LogP contribution in [-0.4, -0.2) is 25.1 Å². The second kappa shape index (κ2) is 6.21. The molecule has 0 aliphatic rings. The minimum absolute atomic E-state index is 0.0823. The van der Waals surface area contributed by atoms with Crippen molar-refractivity contribution in [3.8, 4) is 5.88 Å². The van der Waals surface area contributed by atoms with Crippen molar-refractivity contribution < 1.29 is 18.3 Å². The molecule has 2 aromatic heterocycles. The number of hydrogen-bond acceptors (Lipinski definition) is 6. The van der Waals surface area contributed by atoms with Crippen LogP contribution in [-0.2, 0) is 16.6 Å². The first-order chi connectivity index (χ1) is 9.56. The van der Waals surface area contributed by atoms with E-state index < -0.39 is 10.0 Å². The van der Waals surface area contributed by atoms with Crippen molar-refractivity contribution in [2.75, 3.05) is 11.3 Å². The van der Waals surface area contributed by atoms with Gasteiger partial charge < -0.3 is 9.84 Å². The highest BCUT2D eigenvalue weighted by molar-refractivity contribution is 7.93.